The van der Waals surface area contributed by atoms with E-state index >= 15 is 9.59 Å². The lowest BCUT2D eigenvalue weighted by molar-refractivity contribution is -0.300. The van der Waals surface area contributed by atoms with Crippen molar-refractivity contribution in [2.75, 3.05) is 59.3 Å². The third kappa shape index (κ3) is 20.8. The van der Waals surface area contributed by atoms with E-state index in [1.807, 2.05) is 121 Å². The highest BCUT2D eigenvalue weighted by Crippen LogP contribution is 2.40. The number of benzene rings is 5. The van der Waals surface area contributed by atoms with Crippen LogP contribution in [-0.4, -0.2) is 274 Å². The highest BCUT2D eigenvalue weighted by atomic mass is 16.7. The highest BCUT2D eigenvalue weighted by Gasteiger charge is 2.47. The van der Waals surface area contributed by atoms with Crippen LogP contribution in [0.4, 0.5) is 0 Å². The maximum Gasteiger partial charge on any atom is 0.251 e. The summed E-state index contributed by atoms with van der Waals surface area (Å²) in [5.41, 5.74) is 11.5. The number of nitrogens with zero attached hydrogens (tertiary/aromatic N) is 2. The number of nitrogens with one attached hydrogen (secondary N) is 7. The van der Waals surface area contributed by atoms with Crippen molar-refractivity contribution in [2.24, 2.45) is 0 Å². The van der Waals surface area contributed by atoms with E-state index in [2.05, 4.69) is 54.8 Å². The Hall–Kier alpha value is -10.7. The van der Waals surface area contributed by atoms with Gasteiger partial charge in [0.1, 0.15) is 79.3 Å². The number of aliphatic hydroxyl groups excluding tert-OH is 12. The fourth-order valence-corrected chi connectivity index (χ4v) is 15.3. The van der Waals surface area contributed by atoms with E-state index < -0.39 is 172 Å². The SMILES string of the molecule is O=C(CCC(CCC(=O)NCCO[C@@H]1O[C@H](CO)[C@@H](O)[C@H](O)[C@H]1O)(CCC(=O)NCCO[C@@H]1O[C@H](CO)[C@@H](O)[C@H](O)[C@H]1O)NC(=O)[C@H](Cc1ccccc1)NC(=O)c1ccc(-c2c3nc(c(-c4ccccc4)c4ccc([nH]4)c(-c4ccccc4)c4nc(c(-c5ccccc5)c5ccc2[nH]5)C=C4)C=C3)cc1)NCCO[C@@H]1O[C@H](CO)[C@@H](O)[C@H](O)[C@H]1O. The lowest BCUT2D eigenvalue weighted by atomic mass is 9.82. The number of amides is 5. The molecule has 0 unspecified atom stereocenters. The van der Waals surface area contributed by atoms with Gasteiger partial charge in [-0.15, -0.1) is 0 Å². The van der Waals surface area contributed by atoms with Crippen LogP contribution in [0.25, 0.3) is 90.9 Å². The summed E-state index contributed by atoms with van der Waals surface area (Å²) >= 11 is 0. The first-order valence-corrected chi connectivity index (χ1v) is 39.8. The van der Waals surface area contributed by atoms with E-state index in [1.54, 1.807) is 54.6 Å². The molecule has 16 atom stereocenters. The van der Waals surface area contributed by atoms with Gasteiger partial charge in [0.05, 0.1) is 62.4 Å². The van der Waals surface area contributed by atoms with Crippen molar-refractivity contribution in [2.45, 2.75) is 149 Å². The number of H-pyrrole nitrogens is 2. The van der Waals surface area contributed by atoms with Crippen LogP contribution in [0, 0.1) is 0 Å². The summed E-state index contributed by atoms with van der Waals surface area (Å²) in [4.78, 5) is 91.6. The van der Waals surface area contributed by atoms with Gasteiger partial charge in [-0.1, -0.05) is 133 Å². The third-order valence-corrected chi connectivity index (χ3v) is 21.8. The van der Waals surface area contributed by atoms with Gasteiger partial charge in [0, 0.05) is 101 Å². The maximum absolute atomic E-state index is 15.7. The number of aromatic amines is 2. The molecule has 0 saturated carbocycles. The monoisotopic (exact) mass is 1650 g/mol. The Morgan fingerprint density at radius 2 is 0.700 bits per heavy atom. The topological polar surface area (TPSA) is 501 Å². The minimum Gasteiger partial charge on any atom is -0.394 e. The Labute approximate surface area is 689 Å². The van der Waals surface area contributed by atoms with Gasteiger partial charge >= 0.3 is 0 Å². The maximum atomic E-state index is 15.7. The minimum absolute atomic E-state index is 0.120. The van der Waals surface area contributed by atoms with Crippen LogP contribution in [0.15, 0.2) is 170 Å². The summed E-state index contributed by atoms with van der Waals surface area (Å²) in [6.07, 6.45) is -18.2. The van der Waals surface area contributed by atoms with Crippen molar-refractivity contribution in [3.8, 4) is 44.5 Å². The zero-order valence-electron chi connectivity index (χ0n) is 65.3. The van der Waals surface area contributed by atoms with Crippen molar-refractivity contribution in [3.05, 3.63) is 204 Å². The van der Waals surface area contributed by atoms with Crippen LogP contribution >= 0.6 is 0 Å². The fraction of sp³-hybridized carbons (Fsp3) is 0.375. The molecule has 634 valence electrons. The highest BCUT2D eigenvalue weighted by molar-refractivity contribution is 6.02. The normalized spacial score (nSPS) is 23.7. The molecule has 3 saturated heterocycles. The van der Waals surface area contributed by atoms with E-state index in [0.717, 1.165) is 55.6 Å². The Morgan fingerprint density at radius 1 is 0.392 bits per heavy atom. The Morgan fingerprint density at radius 3 is 1.02 bits per heavy atom. The number of fused-ring (bicyclic) bond motifs is 8. The summed E-state index contributed by atoms with van der Waals surface area (Å²) in [7, 11) is 0. The molecule has 0 spiro atoms. The molecule has 19 N–H and O–H groups in total. The number of rotatable bonds is 34. The van der Waals surface area contributed by atoms with Crippen LogP contribution in [0.3, 0.4) is 0 Å². The summed E-state index contributed by atoms with van der Waals surface area (Å²) in [6, 6.07) is 52.3. The van der Waals surface area contributed by atoms with Crippen LogP contribution < -0.4 is 26.6 Å². The lowest BCUT2D eigenvalue weighted by Crippen LogP contribution is -2.59. The van der Waals surface area contributed by atoms with E-state index in [1.165, 1.54) is 0 Å². The number of ether oxygens (including phenoxy) is 6. The zero-order chi connectivity index (χ0) is 84.6. The van der Waals surface area contributed by atoms with E-state index in [9.17, 15) is 75.7 Å². The molecule has 0 aliphatic carbocycles. The average Bonchev–Trinajstić information content (AvgIpc) is 1.62. The molecule has 5 amide bonds. The summed E-state index contributed by atoms with van der Waals surface area (Å²) in [5, 5.41) is 137. The van der Waals surface area contributed by atoms with Gasteiger partial charge in [0.15, 0.2) is 18.9 Å². The van der Waals surface area contributed by atoms with Gasteiger partial charge in [-0.25, -0.2) is 9.97 Å². The number of aromatic nitrogens is 4. The number of hydrogen-bond acceptors (Lipinski definition) is 25. The van der Waals surface area contributed by atoms with E-state index in [4.69, 9.17) is 38.4 Å². The molecular weight excluding hydrogens is 1550 g/mol. The molecule has 5 aromatic carbocycles. The number of hydrogen-bond donors (Lipinski definition) is 19. The summed E-state index contributed by atoms with van der Waals surface area (Å²) in [6.45, 7) is -3.87. The van der Waals surface area contributed by atoms with Gasteiger partial charge in [-0.05, 0) is 108 Å². The smallest absolute Gasteiger partial charge is 0.251 e. The Kier molecular flexibility index (Phi) is 29.5. The third-order valence-electron chi connectivity index (χ3n) is 21.8. The second-order valence-electron chi connectivity index (χ2n) is 29.9. The largest absolute Gasteiger partial charge is 0.394 e. The van der Waals surface area contributed by atoms with Crippen LogP contribution in [-0.2, 0) is 54.0 Å². The molecule has 13 rings (SSSR count). The molecular formula is C88H99N9O23. The van der Waals surface area contributed by atoms with Crippen LogP contribution in [0.1, 0.15) is 77.2 Å². The van der Waals surface area contributed by atoms with E-state index in [0.29, 0.717) is 39.3 Å². The molecule has 3 fully saturated rings. The number of carbonyl (C=O) groups excluding carboxylic acids is 5. The molecule has 8 bridgehead atoms. The Bertz CT molecular complexity index is 4870. The first kappa shape index (κ1) is 87.2. The van der Waals surface area contributed by atoms with Gasteiger partial charge in [-0.2, -0.15) is 0 Å². The minimum atomic E-state index is -1.75. The Balaban J connectivity index is 0.818. The van der Waals surface area contributed by atoms with Gasteiger partial charge in [0.25, 0.3) is 5.91 Å². The van der Waals surface area contributed by atoms with Crippen LogP contribution in [0.5, 0.6) is 0 Å². The molecule has 5 aliphatic rings. The zero-order valence-corrected chi connectivity index (χ0v) is 65.3. The van der Waals surface area contributed by atoms with E-state index in [-0.39, 0.29) is 70.7 Å². The molecule has 32 nitrogen and oxygen atoms in total. The van der Waals surface area contributed by atoms with Crippen molar-refractivity contribution >= 4 is 75.9 Å². The molecule has 8 aromatic rings. The van der Waals surface area contributed by atoms with Gasteiger partial charge in [-0.3, -0.25) is 24.0 Å². The number of carbonyl (C=O) groups is 5. The summed E-state index contributed by atoms with van der Waals surface area (Å²) < 4.78 is 33.2. The molecule has 120 heavy (non-hydrogen) atoms. The van der Waals surface area contributed by atoms with Crippen molar-refractivity contribution in [1.29, 1.82) is 0 Å². The standard InChI is InChI=1S/C88H99N9O23/c98-46-64-74(104)77(107)80(110)85(118-64)115-42-39-89-67(101)33-36-88(37-34-68(102)90-40-43-116-86-81(111)78(108)75(105)65(47-99)119-86,38-35-69(103)91-41-44-117-87-82(112)79(109)76(106)66(48-100)120-87)97-84(114)63(45-49-13-5-1-6-14-49)96-83(113)54-23-21-53(22-24-54)73-61-31-29-59(94-61)71(51-17-9-3-10-18-51)57-27-25-55(92-57)70(50-15-7-2-8-16-50)56-26-28-58(93-56)72(52-19-11-4-12-20-52)60-30-32-62(73)95-60/h1-32,63-66,74-82,85-87,92,95,98-100,104-112H,33-48H2,(H,89,101)(H,90,102)(H,91,103)(H,96,113)(H,97,114)/t63-,64+,65+,66+,74+,75+,76+,77-,78-,79-,80+,81+,82+,85+,86+,87+/m0/s1. The second kappa shape index (κ2) is 40.6. The quantitative estimate of drug-likeness (QED) is 0.0258. The average molecular weight is 1650 g/mol. The van der Waals surface area contributed by atoms with Crippen LogP contribution in [0.2, 0.25) is 0 Å². The first-order valence-electron chi connectivity index (χ1n) is 39.8. The van der Waals surface area contributed by atoms with Gasteiger partial charge in [0.2, 0.25) is 23.6 Å². The molecule has 3 aromatic heterocycles. The predicted molar refractivity (Wildman–Crippen MR) is 439 cm³/mol. The fourth-order valence-electron chi connectivity index (χ4n) is 15.3. The van der Waals surface area contributed by atoms with Crippen molar-refractivity contribution in [3.63, 3.8) is 0 Å². The molecule has 8 heterocycles. The van der Waals surface area contributed by atoms with Crippen molar-refractivity contribution < 1.29 is 114 Å². The molecule has 32 heteroatoms. The molecule has 5 aliphatic heterocycles. The van der Waals surface area contributed by atoms with Gasteiger partial charge < -0.3 is 126 Å². The van der Waals surface area contributed by atoms with Crippen molar-refractivity contribution in [1.82, 2.24) is 46.5 Å². The first-order chi connectivity index (χ1) is 58.1. The lowest BCUT2D eigenvalue weighted by Gasteiger charge is -2.39. The molecule has 0 radical (unpaired) electrons. The summed E-state index contributed by atoms with van der Waals surface area (Å²) in [5.74, 6) is -3.44. The number of aliphatic hydroxyl groups is 12. The second-order valence-corrected chi connectivity index (χ2v) is 29.9. The predicted octanol–water partition coefficient (Wildman–Crippen LogP) is 2.66.